The van der Waals surface area contributed by atoms with Gasteiger partial charge in [0, 0.05) is 7.11 Å². The molecule has 2 unspecified atom stereocenters. The van der Waals surface area contributed by atoms with Gasteiger partial charge in [-0.15, -0.1) is 0 Å². The summed E-state index contributed by atoms with van der Waals surface area (Å²) in [7, 11) is 1.59. The Kier molecular flexibility index (Phi) is 4.94. The summed E-state index contributed by atoms with van der Waals surface area (Å²) in [6.45, 7) is 4.32. The molecular formula is C11H19ClN2O3. The minimum atomic E-state index is -1.23. The molecule has 0 saturated carbocycles. The highest BCUT2D eigenvalue weighted by Crippen LogP contribution is 2.32. The number of aromatic nitrogens is 2. The molecule has 0 fully saturated rings. The van der Waals surface area contributed by atoms with Gasteiger partial charge in [0.2, 0.25) is 0 Å². The fourth-order valence-corrected chi connectivity index (χ4v) is 1.73. The van der Waals surface area contributed by atoms with Crippen LogP contribution in [0.25, 0.3) is 0 Å². The highest BCUT2D eigenvalue weighted by atomic mass is 35.5. The number of aliphatic hydroxyl groups is 2. The van der Waals surface area contributed by atoms with Gasteiger partial charge in [-0.1, -0.05) is 18.5 Å². The second-order valence-corrected chi connectivity index (χ2v) is 4.61. The van der Waals surface area contributed by atoms with E-state index in [1.165, 1.54) is 6.20 Å². The zero-order chi connectivity index (χ0) is 13.1. The van der Waals surface area contributed by atoms with E-state index in [-0.39, 0.29) is 0 Å². The first kappa shape index (κ1) is 14.4. The fraction of sp³-hybridized carbons (Fsp3) is 0.727. The van der Waals surface area contributed by atoms with Crippen molar-refractivity contribution in [2.75, 3.05) is 13.7 Å². The lowest BCUT2D eigenvalue weighted by molar-refractivity contribution is -0.0699. The quantitative estimate of drug-likeness (QED) is 0.813. The molecule has 0 bridgehead atoms. The number of rotatable bonds is 6. The molecule has 0 amide bonds. The molecule has 0 aromatic carbocycles. The average molecular weight is 263 g/mol. The second-order valence-electron chi connectivity index (χ2n) is 4.21. The van der Waals surface area contributed by atoms with Gasteiger partial charge in [-0.2, -0.15) is 5.10 Å². The average Bonchev–Trinajstić information content (AvgIpc) is 2.66. The Morgan fingerprint density at radius 3 is 2.82 bits per heavy atom. The van der Waals surface area contributed by atoms with E-state index in [1.54, 1.807) is 25.6 Å². The van der Waals surface area contributed by atoms with Gasteiger partial charge in [0.05, 0.1) is 35.7 Å². The first-order chi connectivity index (χ1) is 7.94. The van der Waals surface area contributed by atoms with Crippen LogP contribution in [0, 0.1) is 0 Å². The van der Waals surface area contributed by atoms with Gasteiger partial charge < -0.3 is 14.9 Å². The van der Waals surface area contributed by atoms with Crippen molar-refractivity contribution in [1.29, 1.82) is 0 Å². The predicted octanol–water partition coefficient (Wildman–Crippen LogP) is 1.38. The maximum atomic E-state index is 10.2. The first-order valence-corrected chi connectivity index (χ1v) is 5.92. The maximum absolute atomic E-state index is 10.2. The summed E-state index contributed by atoms with van der Waals surface area (Å²) in [6, 6.07) is 0. The minimum Gasteiger partial charge on any atom is -0.387 e. The van der Waals surface area contributed by atoms with Crippen LogP contribution in [-0.4, -0.2) is 39.3 Å². The van der Waals surface area contributed by atoms with Gasteiger partial charge in [0.25, 0.3) is 0 Å². The smallest absolute Gasteiger partial charge is 0.125 e. The standard InChI is InChI=1S/C11H19ClN2O3/c1-4-11(2,16)10(15)9-8(12)7-13-14(9)5-6-17-3/h7,10,15-16H,4-6H2,1-3H3. The maximum Gasteiger partial charge on any atom is 0.125 e. The Balaban J connectivity index is 2.99. The van der Waals surface area contributed by atoms with E-state index in [4.69, 9.17) is 16.3 Å². The van der Waals surface area contributed by atoms with Gasteiger partial charge in [-0.3, -0.25) is 4.68 Å². The van der Waals surface area contributed by atoms with Gasteiger partial charge in [-0.25, -0.2) is 0 Å². The van der Waals surface area contributed by atoms with E-state index in [2.05, 4.69) is 5.10 Å². The number of methoxy groups -OCH3 is 1. The van der Waals surface area contributed by atoms with Crippen molar-refractivity contribution in [1.82, 2.24) is 9.78 Å². The fourth-order valence-electron chi connectivity index (χ4n) is 1.49. The van der Waals surface area contributed by atoms with Crippen molar-refractivity contribution >= 4 is 11.6 Å². The van der Waals surface area contributed by atoms with Crippen LogP contribution in [0.15, 0.2) is 6.20 Å². The summed E-state index contributed by atoms with van der Waals surface area (Å²) in [4.78, 5) is 0. The minimum absolute atomic E-state index is 0.349. The highest BCUT2D eigenvalue weighted by Gasteiger charge is 2.33. The Hall–Kier alpha value is -0.620. The van der Waals surface area contributed by atoms with Crippen molar-refractivity contribution < 1.29 is 14.9 Å². The molecule has 0 aliphatic carbocycles. The second kappa shape index (κ2) is 5.82. The van der Waals surface area contributed by atoms with Gasteiger partial charge in [-0.05, 0) is 13.3 Å². The molecule has 0 saturated heterocycles. The van der Waals surface area contributed by atoms with Crippen LogP contribution >= 0.6 is 11.6 Å². The number of hydrogen-bond acceptors (Lipinski definition) is 4. The molecule has 2 N–H and O–H groups in total. The van der Waals surface area contributed by atoms with Crippen LogP contribution in [-0.2, 0) is 11.3 Å². The zero-order valence-electron chi connectivity index (χ0n) is 10.4. The molecule has 0 spiro atoms. The van der Waals surface area contributed by atoms with Crippen LogP contribution in [0.5, 0.6) is 0 Å². The number of hydrogen-bond donors (Lipinski definition) is 2. The molecule has 0 radical (unpaired) electrons. The lowest BCUT2D eigenvalue weighted by Gasteiger charge is -2.28. The summed E-state index contributed by atoms with van der Waals surface area (Å²) in [5.41, 5.74) is -0.801. The van der Waals surface area contributed by atoms with Crippen molar-refractivity contribution in [3.8, 4) is 0 Å². The highest BCUT2D eigenvalue weighted by molar-refractivity contribution is 6.31. The normalized spacial score (nSPS) is 16.8. The van der Waals surface area contributed by atoms with Crippen LogP contribution in [0.3, 0.4) is 0 Å². The van der Waals surface area contributed by atoms with Crippen molar-refractivity contribution in [3.05, 3.63) is 16.9 Å². The van der Waals surface area contributed by atoms with Crippen LogP contribution in [0.2, 0.25) is 5.02 Å². The number of halogens is 1. The first-order valence-electron chi connectivity index (χ1n) is 5.54. The largest absolute Gasteiger partial charge is 0.387 e. The van der Waals surface area contributed by atoms with Crippen LogP contribution in [0.1, 0.15) is 32.1 Å². The molecule has 2 atom stereocenters. The lowest BCUT2D eigenvalue weighted by atomic mass is 9.93. The van der Waals surface area contributed by atoms with E-state index in [0.29, 0.717) is 30.3 Å². The molecule has 98 valence electrons. The van der Waals surface area contributed by atoms with E-state index >= 15 is 0 Å². The van der Waals surface area contributed by atoms with Crippen molar-refractivity contribution in [2.45, 2.75) is 38.5 Å². The van der Waals surface area contributed by atoms with E-state index in [9.17, 15) is 10.2 Å². The molecule has 1 aromatic heterocycles. The van der Waals surface area contributed by atoms with Crippen molar-refractivity contribution in [2.24, 2.45) is 0 Å². The number of nitrogens with zero attached hydrogens (tertiary/aromatic N) is 2. The molecule has 1 rings (SSSR count). The molecule has 0 aliphatic heterocycles. The molecule has 0 aliphatic rings. The lowest BCUT2D eigenvalue weighted by Crippen LogP contribution is -2.33. The van der Waals surface area contributed by atoms with Gasteiger partial charge >= 0.3 is 0 Å². The van der Waals surface area contributed by atoms with Crippen LogP contribution < -0.4 is 0 Å². The molecule has 5 nitrogen and oxygen atoms in total. The van der Waals surface area contributed by atoms with Gasteiger partial charge in [0.1, 0.15) is 6.10 Å². The third-order valence-corrected chi connectivity index (χ3v) is 3.20. The Morgan fingerprint density at radius 2 is 2.29 bits per heavy atom. The zero-order valence-corrected chi connectivity index (χ0v) is 11.1. The molecule has 1 aromatic rings. The Bertz CT molecular complexity index is 366. The third kappa shape index (κ3) is 3.19. The third-order valence-electron chi connectivity index (χ3n) is 2.90. The number of ether oxygens (including phenoxy) is 1. The van der Waals surface area contributed by atoms with E-state index in [1.807, 2.05) is 0 Å². The Labute approximate surface area is 106 Å². The molecular weight excluding hydrogens is 244 g/mol. The van der Waals surface area contributed by atoms with E-state index < -0.39 is 11.7 Å². The molecule has 6 heteroatoms. The van der Waals surface area contributed by atoms with Crippen molar-refractivity contribution in [3.63, 3.8) is 0 Å². The molecule has 17 heavy (non-hydrogen) atoms. The van der Waals surface area contributed by atoms with E-state index in [0.717, 1.165) is 0 Å². The molecule has 1 heterocycles. The predicted molar refractivity (Wildman–Crippen MR) is 65.0 cm³/mol. The topological polar surface area (TPSA) is 67.5 Å². The monoisotopic (exact) mass is 262 g/mol. The number of aliphatic hydroxyl groups excluding tert-OH is 1. The summed E-state index contributed by atoms with van der Waals surface area (Å²) < 4.78 is 6.51. The van der Waals surface area contributed by atoms with Crippen LogP contribution in [0.4, 0.5) is 0 Å². The summed E-state index contributed by atoms with van der Waals surface area (Å²) in [5, 5.41) is 24.6. The summed E-state index contributed by atoms with van der Waals surface area (Å²) in [6.07, 6.45) is 0.806. The summed E-state index contributed by atoms with van der Waals surface area (Å²) in [5.74, 6) is 0. The SMILES string of the molecule is CCC(C)(O)C(O)c1c(Cl)cnn1CCOC. The Morgan fingerprint density at radius 1 is 1.65 bits per heavy atom. The van der Waals surface area contributed by atoms with Gasteiger partial charge in [0.15, 0.2) is 0 Å². The summed E-state index contributed by atoms with van der Waals surface area (Å²) >= 11 is 5.99.